The van der Waals surface area contributed by atoms with Gasteiger partial charge in [-0.15, -0.1) is 24.8 Å². The molecule has 1 amide bonds. The molecule has 0 radical (unpaired) electrons. The zero-order valence-electron chi connectivity index (χ0n) is 13.8. The van der Waals surface area contributed by atoms with Gasteiger partial charge >= 0.3 is 0 Å². The summed E-state index contributed by atoms with van der Waals surface area (Å²) in [5.74, 6) is 0.0440. The molecule has 0 bridgehead atoms. The van der Waals surface area contributed by atoms with Gasteiger partial charge in [0.1, 0.15) is 5.82 Å². The van der Waals surface area contributed by atoms with Gasteiger partial charge in [-0.3, -0.25) is 9.78 Å². The first-order valence-corrected chi connectivity index (χ1v) is 8.27. The lowest BCUT2D eigenvalue weighted by Gasteiger charge is -2.31. The quantitative estimate of drug-likeness (QED) is 0.857. The molecular weight excluding hydrogens is 364 g/mol. The molecule has 2 fully saturated rings. The first-order chi connectivity index (χ1) is 11.1. The second-order valence-corrected chi connectivity index (χ2v) is 6.68. The predicted molar refractivity (Wildman–Crippen MR) is 101 cm³/mol. The number of carbonyl (C=O) groups excluding carboxylic acids is 1. The fourth-order valence-electron chi connectivity index (χ4n) is 3.35. The van der Waals surface area contributed by atoms with Crippen LogP contribution >= 0.6 is 24.8 Å². The van der Waals surface area contributed by atoms with Crippen LogP contribution in [0.25, 0.3) is 10.9 Å². The van der Waals surface area contributed by atoms with E-state index in [0.29, 0.717) is 35.5 Å². The van der Waals surface area contributed by atoms with E-state index in [-0.39, 0.29) is 42.6 Å². The van der Waals surface area contributed by atoms with Gasteiger partial charge in [0.05, 0.1) is 11.1 Å². The molecule has 1 saturated heterocycles. The number of rotatable bonds is 2. The normalized spacial score (nSPS) is 19.9. The van der Waals surface area contributed by atoms with E-state index in [1.807, 2.05) is 6.07 Å². The summed E-state index contributed by atoms with van der Waals surface area (Å²) in [6.07, 6.45) is 4.09. The molecule has 136 valence electrons. The van der Waals surface area contributed by atoms with Crippen LogP contribution < -0.4 is 5.73 Å². The van der Waals surface area contributed by atoms with Crippen LogP contribution in [0.3, 0.4) is 0 Å². The van der Waals surface area contributed by atoms with Crippen molar-refractivity contribution in [1.29, 1.82) is 0 Å². The second kappa shape index (κ2) is 7.85. The molecule has 2 heterocycles. The summed E-state index contributed by atoms with van der Waals surface area (Å²) in [6.45, 7) is 1.28. The summed E-state index contributed by atoms with van der Waals surface area (Å²) in [7, 11) is 0. The highest BCUT2D eigenvalue weighted by Crippen LogP contribution is 2.40. The monoisotopic (exact) mass is 385 g/mol. The highest BCUT2D eigenvalue weighted by atomic mass is 35.5. The third kappa shape index (κ3) is 4.05. The van der Waals surface area contributed by atoms with Gasteiger partial charge in [0.2, 0.25) is 0 Å². The molecule has 0 spiro atoms. The van der Waals surface area contributed by atoms with Crippen molar-refractivity contribution >= 4 is 41.6 Å². The van der Waals surface area contributed by atoms with Gasteiger partial charge in [-0.25, -0.2) is 4.39 Å². The number of likely N-dealkylation sites (tertiary alicyclic amines) is 1. The van der Waals surface area contributed by atoms with E-state index in [2.05, 4.69) is 4.98 Å². The summed E-state index contributed by atoms with van der Waals surface area (Å²) in [5, 5.41) is 0.596. The van der Waals surface area contributed by atoms with Gasteiger partial charge in [0.25, 0.3) is 5.91 Å². The van der Waals surface area contributed by atoms with Crippen LogP contribution in [-0.4, -0.2) is 34.9 Å². The topological polar surface area (TPSA) is 59.2 Å². The van der Waals surface area contributed by atoms with E-state index in [1.54, 1.807) is 11.0 Å². The number of pyridine rings is 1. The number of nitrogens with two attached hydrogens (primary N) is 1. The molecule has 2 N–H and O–H groups in total. The van der Waals surface area contributed by atoms with Crippen molar-refractivity contribution in [3.8, 4) is 0 Å². The maximum atomic E-state index is 13.7. The summed E-state index contributed by atoms with van der Waals surface area (Å²) >= 11 is 0. The second-order valence-electron chi connectivity index (χ2n) is 6.68. The van der Waals surface area contributed by atoms with Crippen LogP contribution in [0.1, 0.15) is 47.7 Å². The number of piperidine rings is 1. The average molecular weight is 386 g/mol. The number of amides is 1. The standard InChI is InChI=1S/C18H20FN3O.2ClH/c19-12-5-6-16-14(8-12)15(9-17(21-16)11-3-4-11)18(23)22-7-1-2-13(20)10-22;;/h5-6,8-9,11,13H,1-4,7,10,20H2;2*1H. The number of aromatic nitrogens is 1. The zero-order valence-corrected chi connectivity index (χ0v) is 15.4. The Hall–Kier alpha value is -1.43. The Morgan fingerprint density at radius 1 is 1.20 bits per heavy atom. The number of halogens is 3. The molecule has 7 heteroatoms. The minimum Gasteiger partial charge on any atom is -0.337 e. The molecule has 1 aromatic carbocycles. The van der Waals surface area contributed by atoms with Crippen molar-refractivity contribution < 1.29 is 9.18 Å². The number of nitrogens with zero attached hydrogens (tertiary/aromatic N) is 2. The summed E-state index contributed by atoms with van der Waals surface area (Å²) in [4.78, 5) is 19.4. The SMILES string of the molecule is Cl.Cl.NC1CCCN(C(=O)c2cc(C3CC3)nc3ccc(F)cc23)C1. The Morgan fingerprint density at radius 2 is 1.96 bits per heavy atom. The van der Waals surface area contributed by atoms with Gasteiger partial charge in [0.15, 0.2) is 0 Å². The van der Waals surface area contributed by atoms with E-state index in [1.165, 1.54) is 12.1 Å². The largest absolute Gasteiger partial charge is 0.337 e. The van der Waals surface area contributed by atoms with Gasteiger partial charge in [0, 0.05) is 36.1 Å². The summed E-state index contributed by atoms with van der Waals surface area (Å²) in [6, 6.07) is 6.37. The smallest absolute Gasteiger partial charge is 0.254 e. The van der Waals surface area contributed by atoms with Crippen LogP contribution in [0, 0.1) is 5.82 Å². The highest BCUT2D eigenvalue weighted by Gasteiger charge is 2.29. The van der Waals surface area contributed by atoms with E-state index >= 15 is 0 Å². The molecule has 1 atom stereocenters. The molecule has 25 heavy (non-hydrogen) atoms. The number of fused-ring (bicyclic) bond motifs is 1. The van der Waals surface area contributed by atoms with E-state index in [9.17, 15) is 9.18 Å². The van der Waals surface area contributed by atoms with Crippen LogP contribution in [0.15, 0.2) is 24.3 Å². The predicted octanol–water partition coefficient (Wildman–Crippen LogP) is 3.66. The van der Waals surface area contributed by atoms with E-state index < -0.39 is 0 Å². The number of benzene rings is 1. The lowest BCUT2D eigenvalue weighted by molar-refractivity contribution is 0.0710. The lowest BCUT2D eigenvalue weighted by atomic mass is 10.0. The van der Waals surface area contributed by atoms with E-state index in [0.717, 1.165) is 31.4 Å². The van der Waals surface area contributed by atoms with Crippen molar-refractivity contribution in [3.63, 3.8) is 0 Å². The molecule has 1 aromatic heterocycles. The van der Waals surface area contributed by atoms with Gasteiger partial charge in [-0.2, -0.15) is 0 Å². The molecule has 4 rings (SSSR count). The molecular formula is C18H22Cl2FN3O. The molecule has 4 nitrogen and oxygen atoms in total. The molecule has 1 aliphatic carbocycles. The molecule has 2 aromatic rings. The molecule has 2 aliphatic rings. The third-order valence-electron chi connectivity index (χ3n) is 4.76. The average Bonchev–Trinajstić information content (AvgIpc) is 3.38. The fourth-order valence-corrected chi connectivity index (χ4v) is 3.35. The van der Waals surface area contributed by atoms with Crippen LogP contribution in [0.4, 0.5) is 4.39 Å². The first kappa shape index (κ1) is 19.9. The Kier molecular flexibility index (Phi) is 6.25. The summed E-state index contributed by atoms with van der Waals surface area (Å²) < 4.78 is 13.7. The van der Waals surface area contributed by atoms with Crippen molar-refractivity contribution in [2.24, 2.45) is 5.73 Å². The van der Waals surface area contributed by atoms with Crippen molar-refractivity contribution in [2.45, 2.75) is 37.6 Å². The molecule has 1 unspecified atom stereocenters. The highest BCUT2D eigenvalue weighted by molar-refractivity contribution is 6.06. The third-order valence-corrected chi connectivity index (χ3v) is 4.76. The van der Waals surface area contributed by atoms with Crippen molar-refractivity contribution in [2.75, 3.05) is 13.1 Å². The lowest BCUT2D eigenvalue weighted by Crippen LogP contribution is -2.45. The maximum Gasteiger partial charge on any atom is 0.254 e. The Labute approximate surface area is 158 Å². The Balaban J connectivity index is 0.00000113. The fraction of sp³-hybridized carbons (Fsp3) is 0.444. The number of hydrogen-bond donors (Lipinski definition) is 1. The number of hydrogen-bond acceptors (Lipinski definition) is 3. The van der Waals surface area contributed by atoms with E-state index in [4.69, 9.17) is 5.73 Å². The minimum absolute atomic E-state index is 0. The van der Waals surface area contributed by atoms with Crippen molar-refractivity contribution in [3.05, 3.63) is 41.3 Å². The zero-order chi connectivity index (χ0) is 16.0. The van der Waals surface area contributed by atoms with Gasteiger partial charge < -0.3 is 10.6 Å². The number of carbonyl (C=O) groups is 1. The molecule has 1 aliphatic heterocycles. The van der Waals surface area contributed by atoms with Gasteiger partial charge in [-0.05, 0) is 49.9 Å². The minimum atomic E-state index is -0.345. The van der Waals surface area contributed by atoms with Crippen LogP contribution in [-0.2, 0) is 0 Å². The molecule has 1 saturated carbocycles. The maximum absolute atomic E-state index is 13.7. The first-order valence-electron chi connectivity index (χ1n) is 8.27. The van der Waals surface area contributed by atoms with Gasteiger partial charge in [-0.1, -0.05) is 0 Å². The van der Waals surface area contributed by atoms with Crippen LogP contribution in [0.2, 0.25) is 0 Å². The van der Waals surface area contributed by atoms with Crippen LogP contribution in [0.5, 0.6) is 0 Å². The summed E-state index contributed by atoms with van der Waals surface area (Å²) in [5.41, 5.74) is 8.21. The Morgan fingerprint density at radius 3 is 2.64 bits per heavy atom. The van der Waals surface area contributed by atoms with Crippen molar-refractivity contribution in [1.82, 2.24) is 9.88 Å². The Bertz CT molecular complexity index is 782.